The molecule has 1 atom stereocenters. The lowest BCUT2D eigenvalue weighted by Gasteiger charge is -2.35. The number of hydrogen-bond donors (Lipinski definition) is 1. The van der Waals surface area contributed by atoms with Gasteiger partial charge in [0.2, 0.25) is 15.9 Å². The highest BCUT2D eigenvalue weighted by atomic mass is 32.2. The molecule has 1 unspecified atom stereocenters. The Morgan fingerprint density at radius 1 is 1.12 bits per heavy atom. The van der Waals surface area contributed by atoms with Gasteiger partial charge in [0.15, 0.2) is 0 Å². The van der Waals surface area contributed by atoms with Crippen molar-refractivity contribution in [2.75, 3.05) is 61.9 Å². The number of rotatable bonds is 7. The van der Waals surface area contributed by atoms with E-state index in [2.05, 4.69) is 34.5 Å². The fourth-order valence-electron chi connectivity index (χ4n) is 4.28. The molecule has 1 N–H and O–H groups in total. The predicted octanol–water partition coefficient (Wildman–Crippen LogP) is 1.62. The lowest BCUT2D eigenvalue weighted by atomic mass is 10.0. The first-order valence-electron chi connectivity index (χ1n) is 11.3. The molecule has 0 aromatic heterocycles. The van der Waals surface area contributed by atoms with E-state index in [1.165, 1.54) is 12.1 Å². The summed E-state index contributed by atoms with van der Waals surface area (Å²) in [6, 6.07) is 14.4. The third-order valence-corrected chi connectivity index (χ3v) is 7.85. The molecule has 0 radical (unpaired) electrons. The first kappa shape index (κ1) is 24.2. The van der Waals surface area contributed by atoms with Gasteiger partial charge in [0.05, 0.1) is 30.7 Å². The van der Waals surface area contributed by atoms with Crippen LogP contribution in [0.1, 0.15) is 28.4 Å². The van der Waals surface area contributed by atoms with Crippen LogP contribution < -0.4 is 14.5 Å². The molecule has 0 aliphatic carbocycles. The van der Waals surface area contributed by atoms with Crippen molar-refractivity contribution in [2.24, 2.45) is 0 Å². The van der Waals surface area contributed by atoms with Crippen LogP contribution in [0.4, 0.5) is 11.4 Å². The van der Waals surface area contributed by atoms with E-state index in [9.17, 15) is 18.0 Å². The van der Waals surface area contributed by atoms with E-state index in [-0.39, 0.29) is 29.8 Å². The Balaban J connectivity index is 1.51. The molecular weight excluding hydrogens is 456 g/mol. The fraction of sp³-hybridized carbons (Fsp3) is 0.417. The maximum atomic E-state index is 13.0. The zero-order valence-electron chi connectivity index (χ0n) is 19.4. The lowest BCUT2D eigenvalue weighted by molar-refractivity contribution is -0.116. The summed E-state index contributed by atoms with van der Waals surface area (Å²) < 4.78 is 30.8. The minimum absolute atomic E-state index is 0.0345. The molecule has 2 aliphatic heterocycles. The van der Waals surface area contributed by atoms with Crippen LogP contribution in [-0.2, 0) is 19.6 Å². The van der Waals surface area contributed by atoms with Crippen LogP contribution in [0.3, 0.4) is 0 Å². The van der Waals surface area contributed by atoms with Crippen molar-refractivity contribution in [3.05, 3.63) is 59.7 Å². The number of carbonyl (C=O) groups is 2. The highest BCUT2D eigenvalue weighted by molar-refractivity contribution is 7.94. The Bertz CT molecular complexity index is 1140. The minimum atomic E-state index is -3.69. The standard InChI is InChI=1S/C24H30N4O5S/c1-26(2)20-8-6-18(7-9-20)22(27-11-13-33-14-12-27)17-25-24(30)19-4-3-5-21(16-19)28-23(29)10-15-34(28,31)32/h3-9,16,22H,10-15,17H2,1-2H3,(H,25,30). The number of hydrogen-bond acceptors (Lipinski definition) is 7. The van der Waals surface area contributed by atoms with E-state index in [4.69, 9.17) is 4.74 Å². The summed E-state index contributed by atoms with van der Waals surface area (Å²) in [6.07, 6.45) is -0.0490. The van der Waals surface area contributed by atoms with E-state index < -0.39 is 15.9 Å². The van der Waals surface area contributed by atoms with Crippen LogP contribution in [0, 0.1) is 0 Å². The van der Waals surface area contributed by atoms with E-state index in [0.717, 1.165) is 28.6 Å². The Morgan fingerprint density at radius 2 is 1.82 bits per heavy atom. The number of sulfonamides is 1. The molecular formula is C24H30N4O5S. The normalized spacial score (nSPS) is 19.1. The van der Waals surface area contributed by atoms with E-state index >= 15 is 0 Å². The van der Waals surface area contributed by atoms with Crippen molar-refractivity contribution in [1.29, 1.82) is 0 Å². The predicted molar refractivity (Wildman–Crippen MR) is 131 cm³/mol. The summed E-state index contributed by atoms with van der Waals surface area (Å²) >= 11 is 0. The minimum Gasteiger partial charge on any atom is -0.379 e. The van der Waals surface area contributed by atoms with Crippen LogP contribution >= 0.6 is 0 Å². The second kappa shape index (κ2) is 10.1. The fourth-order valence-corrected chi connectivity index (χ4v) is 5.73. The number of morpholine rings is 1. The molecule has 2 amide bonds. The van der Waals surface area contributed by atoms with Crippen LogP contribution in [0.2, 0.25) is 0 Å². The highest BCUT2D eigenvalue weighted by Gasteiger charge is 2.36. The van der Waals surface area contributed by atoms with Crippen LogP contribution in [0.25, 0.3) is 0 Å². The maximum absolute atomic E-state index is 13.0. The smallest absolute Gasteiger partial charge is 0.251 e. The van der Waals surface area contributed by atoms with Crippen LogP contribution in [0.15, 0.2) is 48.5 Å². The molecule has 2 aromatic rings. The van der Waals surface area contributed by atoms with Gasteiger partial charge in [0.1, 0.15) is 0 Å². The van der Waals surface area contributed by atoms with Crippen molar-refractivity contribution in [3.63, 3.8) is 0 Å². The quantitative estimate of drug-likeness (QED) is 0.635. The molecule has 2 heterocycles. The molecule has 2 fully saturated rings. The molecule has 0 spiro atoms. The Hall–Kier alpha value is -2.95. The molecule has 182 valence electrons. The van der Waals surface area contributed by atoms with Gasteiger partial charge >= 0.3 is 0 Å². The monoisotopic (exact) mass is 486 g/mol. The summed E-state index contributed by atoms with van der Waals surface area (Å²) in [6.45, 7) is 3.19. The van der Waals surface area contributed by atoms with E-state index in [1.807, 2.05) is 19.0 Å². The first-order valence-corrected chi connectivity index (χ1v) is 12.9. The molecule has 0 bridgehead atoms. The van der Waals surface area contributed by atoms with Gasteiger partial charge in [-0.05, 0) is 35.9 Å². The van der Waals surface area contributed by atoms with Gasteiger partial charge in [-0.2, -0.15) is 0 Å². The Morgan fingerprint density at radius 3 is 2.44 bits per heavy atom. The number of carbonyl (C=O) groups excluding carboxylic acids is 2. The SMILES string of the molecule is CN(C)c1ccc(C(CNC(=O)c2cccc(N3C(=O)CCS3(=O)=O)c2)N2CCOCC2)cc1. The second-order valence-electron chi connectivity index (χ2n) is 8.63. The number of nitrogens with zero attached hydrogens (tertiary/aromatic N) is 3. The molecule has 2 aliphatic rings. The molecule has 0 saturated carbocycles. The molecule has 2 aromatic carbocycles. The first-order chi connectivity index (χ1) is 16.3. The number of benzene rings is 2. The summed E-state index contributed by atoms with van der Waals surface area (Å²) in [5.41, 5.74) is 2.68. The average molecular weight is 487 g/mol. The lowest BCUT2D eigenvalue weighted by Crippen LogP contribution is -2.43. The van der Waals surface area contributed by atoms with Crippen LogP contribution in [0.5, 0.6) is 0 Å². The molecule has 2 saturated heterocycles. The van der Waals surface area contributed by atoms with Gasteiger partial charge in [0, 0.05) is 51.4 Å². The van der Waals surface area contributed by atoms with Crippen molar-refractivity contribution in [3.8, 4) is 0 Å². The van der Waals surface area contributed by atoms with Gasteiger partial charge in [-0.25, -0.2) is 12.7 Å². The zero-order valence-corrected chi connectivity index (χ0v) is 20.3. The number of nitrogens with one attached hydrogen (secondary N) is 1. The van der Waals surface area contributed by atoms with Crippen molar-refractivity contribution < 1.29 is 22.7 Å². The van der Waals surface area contributed by atoms with Crippen molar-refractivity contribution in [1.82, 2.24) is 10.2 Å². The van der Waals surface area contributed by atoms with Gasteiger partial charge in [-0.15, -0.1) is 0 Å². The summed E-state index contributed by atoms with van der Waals surface area (Å²) in [5, 5.41) is 3.00. The highest BCUT2D eigenvalue weighted by Crippen LogP contribution is 2.27. The summed E-state index contributed by atoms with van der Waals surface area (Å²) in [5.74, 6) is -1.02. The number of anilines is 2. The largest absolute Gasteiger partial charge is 0.379 e. The van der Waals surface area contributed by atoms with E-state index in [0.29, 0.717) is 25.3 Å². The van der Waals surface area contributed by atoms with Crippen molar-refractivity contribution in [2.45, 2.75) is 12.5 Å². The third kappa shape index (κ3) is 5.24. The Kier molecular flexibility index (Phi) is 7.20. The van der Waals surface area contributed by atoms with E-state index in [1.54, 1.807) is 12.1 Å². The van der Waals surface area contributed by atoms with Gasteiger partial charge in [-0.3, -0.25) is 14.5 Å². The van der Waals surface area contributed by atoms with Gasteiger partial charge < -0.3 is 15.0 Å². The average Bonchev–Trinajstić information content (AvgIpc) is 3.12. The number of ether oxygens (including phenoxy) is 1. The number of amides is 2. The molecule has 9 nitrogen and oxygen atoms in total. The zero-order chi connectivity index (χ0) is 24.3. The summed E-state index contributed by atoms with van der Waals surface area (Å²) in [4.78, 5) is 29.4. The second-order valence-corrected chi connectivity index (χ2v) is 10.6. The molecule has 34 heavy (non-hydrogen) atoms. The van der Waals surface area contributed by atoms with Crippen LogP contribution in [-0.4, -0.2) is 77.8 Å². The Labute approximate surface area is 200 Å². The maximum Gasteiger partial charge on any atom is 0.251 e. The topological polar surface area (TPSA) is 99.3 Å². The molecule has 10 heteroatoms. The summed E-state index contributed by atoms with van der Waals surface area (Å²) in [7, 11) is 0.292. The third-order valence-electron chi connectivity index (χ3n) is 6.16. The van der Waals surface area contributed by atoms with Gasteiger partial charge in [0.25, 0.3) is 5.91 Å². The van der Waals surface area contributed by atoms with Gasteiger partial charge in [-0.1, -0.05) is 18.2 Å². The molecule has 4 rings (SSSR count). The van der Waals surface area contributed by atoms with Crippen molar-refractivity contribution >= 4 is 33.2 Å².